The molecule has 9 rings (SSSR count). The number of aryl methyl sites for hydroxylation is 2. The Kier molecular flexibility index (Phi) is 5.97. The van der Waals surface area contributed by atoms with Crippen LogP contribution in [0.3, 0.4) is 0 Å². The summed E-state index contributed by atoms with van der Waals surface area (Å²) < 4.78 is 4.94. The van der Waals surface area contributed by atoms with Gasteiger partial charge in [0.2, 0.25) is 0 Å². The van der Waals surface area contributed by atoms with E-state index in [2.05, 4.69) is 181 Å². The second-order valence-electron chi connectivity index (χ2n) is 12.2. The van der Waals surface area contributed by atoms with E-state index in [1.54, 1.807) is 0 Å². The monoisotopic (exact) mass is 588 g/mol. The SMILES string of the molecule is Cc1cccc(C)c1-c1ccc2c3ccccc3n(-c3ccccc3)c2c1-c1cccc2c3ccccc3n(-c3ccccc3)c12. The predicted molar refractivity (Wildman–Crippen MR) is 195 cm³/mol. The molecule has 0 fully saturated rings. The first-order chi connectivity index (χ1) is 22.7. The van der Waals surface area contributed by atoms with Crippen molar-refractivity contribution in [2.75, 3.05) is 0 Å². The van der Waals surface area contributed by atoms with Crippen molar-refractivity contribution in [1.82, 2.24) is 9.13 Å². The molecule has 0 saturated heterocycles. The molecule has 0 radical (unpaired) electrons. The molecule has 0 atom stereocenters. The molecule has 0 unspecified atom stereocenters. The number of rotatable bonds is 4. The minimum atomic E-state index is 1.16. The van der Waals surface area contributed by atoms with Crippen molar-refractivity contribution in [2.45, 2.75) is 13.8 Å². The number of para-hydroxylation sites is 5. The molecule has 0 aliphatic heterocycles. The van der Waals surface area contributed by atoms with Crippen LogP contribution in [0.15, 0.2) is 158 Å². The van der Waals surface area contributed by atoms with Gasteiger partial charge >= 0.3 is 0 Å². The maximum atomic E-state index is 2.48. The minimum absolute atomic E-state index is 1.16. The highest BCUT2D eigenvalue weighted by Crippen LogP contribution is 2.48. The largest absolute Gasteiger partial charge is 0.309 e. The van der Waals surface area contributed by atoms with Crippen LogP contribution in [-0.2, 0) is 0 Å². The van der Waals surface area contributed by atoms with E-state index in [0.29, 0.717) is 0 Å². The van der Waals surface area contributed by atoms with Crippen molar-refractivity contribution in [3.63, 3.8) is 0 Å². The zero-order valence-electron chi connectivity index (χ0n) is 25.9. The average Bonchev–Trinajstić information content (AvgIpc) is 3.62. The normalized spacial score (nSPS) is 11.7. The fourth-order valence-electron chi connectivity index (χ4n) is 7.69. The maximum absolute atomic E-state index is 2.48. The van der Waals surface area contributed by atoms with Crippen LogP contribution in [0.25, 0.3) is 77.2 Å². The molecule has 218 valence electrons. The fourth-order valence-corrected chi connectivity index (χ4v) is 7.69. The molecule has 0 aliphatic carbocycles. The van der Waals surface area contributed by atoms with E-state index >= 15 is 0 Å². The number of fused-ring (bicyclic) bond motifs is 6. The molecule has 2 heteroatoms. The summed E-state index contributed by atoms with van der Waals surface area (Å²) in [7, 11) is 0. The van der Waals surface area contributed by atoms with Gasteiger partial charge in [0.05, 0.1) is 22.1 Å². The van der Waals surface area contributed by atoms with Gasteiger partial charge < -0.3 is 9.13 Å². The first-order valence-electron chi connectivity index (χ1n) is 16.0. The molecule has 7 aromatic carbocycles. The third-order valence-corrected chi connectivity index (χ3v) is 9.58. The smallest absolute Gasteiger partial charge is 0.0626 e. The van der Waals surface area contributed by atoms with Crippen LogP contribution in [0, 0.1) is 13.8 Å². The van der Waals surface area contributed by atoms with E-state index < -0.39 is 0 Å². The van der Waals surface area contributed by atoms with Gasteiger partial charge in [0.25, 0.3) is 0 Å². The Morgan fingerprint density at radius 1 is 0.326 bits per heavy atom. The molecule has 0 amide bonds. The number of benzene rings is 7. The Labute approximate surface area is 268 Å². The van der Waals surface area contributed by atoms with E-state index in [4.69, 9.17) is 0 Å². The van der Waals surface area contributed by atoms with Crippen LogP contribution in [-0.4, -0.2) is 9.13 Å². The van der Waals surface area contributed by atoms with Crippen LogP contribution in [0.2, 0.25) is 0 Å². The summed E-state index contributed by atoms with van der Waals surface area (Å²) in [5, 5.41) is 5.02. The zero-order valence-corrected chi connectivity index (χ0v) is 25.9. The second kappa shape index (κ2) is 10.4. The minimum Gasteiger partial charge on any atom is -0.309 e. The van der Waals surface area contributed by atoms with Crippen molar-refractivity contribution in [2.24, 2.45) is 0 Å². The molecule has 0 bridgehead atoms. The lowest BCUT2D eigenvalue weighted by molar-refractivity contribution is 1.17. The highest BCUT2D eigenvalue weighted by atomic mass is 15.0. The molecular weight excluding hydrogens is 556 g/mol. The summed E-state index contributed by atoms with van der Waals surface area (Å²) in [6, 6.07) is 57.5. The Bertz CT molecular complexity index is 2560. The topological polar surface area (TPSA) is 9.86 Å². The number of hydrogen-bond donors (Lipinski definition) is 0. The summed E-state index contributed by atoms with van der Waals surface area (Å²) in [6.07, 6.45) is 0. The molecule has 2 nitrogen and oxygen atoms in total. The van der Waals surface area contributed by atoms with Crippen molar-refractivity contribution in [1.29, 1.82) is 0 Å². The first-order valence-corrected chi connectivity index (χ1v) is 16.0. The molecule has 0 saturated carbocycles. The van der Waals surface area contributed by atoms with E-state index in [9.17, 15) is 0 Å². The summed E-state index contributed by atoms with van der Waals surface area (Å²) in [5.41, 5.74) is 14.8. The maximum Gasteiger partial charge on any atom is 0.0626 e. The lowest BCUT2D eigenvalue weighted by atomic mass is 9.87. The van der Waals surface area contributed by atoms with Crippen molar-refractivity contribution < 1.29 is 0 Å². The lowest BCUT2D eigenvalue weighted by Crippen LogP contribution is -2.00. The molecular formula is C44H32N2. The van der Waals surface area contributed by atoms with Crippen LogP contribution >= 0.6 is 0 Å². The number of aromatic nitrogens is 2. The first kappa shape index (κ1) is 26.5. The zero-order chi connectivity index (χ0) is 30.8. The van der Waals surface area contributed by atoms with Crippen LogP contribution in [0.1, 0.15) is 11.1 Å². The summed E-state index contributed by atoms with van der Waals surface area (Å²) in [5.74, 6) is 0. The second-order valence-corrected chi connectivity index (χ2v) is 12.2. The van der Waals surface area contributed by atoms with Crippen molar-refractivity contribution in [3.05, 3.63) is 169 Å². The van der Waals surface area contributed by atoms with Gasteiger partial charge in [-0.2, -0.15) is 0 Å². The third-order valence-electron chi connectivity index (χ3n) is 9.58. The van der Waals surface area contributed by atoms with Crippen molar-refractivity contribution >= 4 is 43.6 Å². The standard InChI is InChI=1S/C44H32N2/c1-29-15-13-16-30(2)41(29)37-28-27-36-34-22-10-12-26-40(34)46(32-19-7-4-8-20-32)44(36)42(37)38-24-14-23-35-33-21-9-11-25-39(33)45(43(35)38)31-17-5-3-6-18-31/h3-28H,1-2H3. The number of nitrogens with zero attached hydrogens (tertiary/aromatic N) is 2. The van der Waals surface area contributed by atoms with Gasteiger partial charge in [-0.3, -0.25) is 0 Å². The molecule has 2 aromatic heterocycles. The lowest BCUT2D eigenvalue weighted by Gasteiger charge is -2.20. The van der Waals surface area contributed by atoms with Gasteiger partial charge in [0.15, 0.2) is 0 Å². The number of hydrogen-bond acceptors (Lipinski definition) is 0. The van der Waals surface area contributed by atoms with E-state index in [1.807, 2.05) is 0 Å². The van der Waals surface area contributed by atoms with Gasteiger partial charge in [-0.1, -0.05) is 121 Å². The Morgan fingerprint density at radius 3 is 1.41 bits per heavy atom. The van der Waals surface area contributed by atoms with E-state index in [-0.39, 0.29) is 0 Å². The Morgan fingerprint density at radius 2 is 0.804 bits per heavy atom. The summed E-state index contributed by atoms with van der Waals surface area (Å²) in [4.78, 5) is 0. The summed E-state index contributed by atoms with van der Waals surface area (Å²) >= 11 is 0. The van der Waals surface area contributed by atoms with Crippen LogP contribution < -0.4 is 0 Å². The molecule has 9 aromatic rings. The van der Waals surface area contributed by atoms with Gasteiger partial charge in [-0.05, 0) is 72.5 Å². The molecule has 0 N–H and O–H groups in total. The van der Waals surface area contributed by atoms with E-state index in [1.165, 1.54) is 77.0 Å². The average molecular weight is 589 g/mol. The molecule has 46 heavy (non-hydrogen) atoms. The van der Waals surface area contributed by atoms with Gasteiger partial charge in [-0.15, -0.1) is 0 Å². The highest BCUT2D eigenvalue weighted by molar-refractivity contribution is 6.21. The van der Waals surface area contributed by atoms with Gasteiger partial charge in [0, 0.05) is 44.0 Å². The molecule has 0 aliphatic rings. The molecule has 0 spiro atoms. The predicted octanol–water partition coefficient (Wildman–Crippen LogP) is 11.8. The van der Waals surface area contributed by atoms with Gasteiger partial charge in [0.1, 0.15) is 0 Å². The van der Waals surface area contributed by atoms with Crippen molar-refractivity contribution in [3.8, 4) is 33.6 Å². The fraction of sp³-hybridized carbons (Fsp3) is 0.0455. The Balaban J connectivity index is 1.56. The molecule has 2 heterocycles. The Hall–Kier alpha value is -5.86. The summed E-state index contributed by atoms with van der Waals surface area (Å²) in [6.45, 7) is 4.48. The quantitative estimate of drug-likeness (QED) is 0.194. The highest BCUT2D eigenvalue weighted by Gasteiger charge is 2.25. The third kappa shape index (κ3) is 3.83. The van der Waals surface area contributed by atoms with Crippen LogP contribution in [0.5, 0.6) is 0 Å². The van der Waals surface area contributed by atoms with Crippen LogP contribution in [0.4, 0.5) is 0 Å². The van der Waals surface area contributed by atoms with Gasteiger partial charge in [-0.25, -0.2) is 0 Å². The van der Waals surface area contributed by atoms with E-state index in [0.717, 1.165) is 11.4 Å².